The molecule has 2 N–H and O–H groups in total. The molecule has 12 nitrogen and oxygen atoms in total. The van der Waals surface area contributed by atoms with Crippen molar-refractivity contribution in [1.82, 2.24) is 0 Å². The van der Waals surface area contributed by atoms with Crippen LogP contribution in [0.2, 0.25) is 0 Å². The van der Waals surface area contributed by atoms with Crippen LogP contribution in [0.25, 0.3) is 11.1 Å². The molecule has 43 heavy (non-hydrogen) atoms. The molecule has 2 aromatic rings. The van der Waals surface area contributed by atoms with E-state index in [4.69, 9.17) is 0 Å². The SMILES string of the molecule is CCOC(=O)C(=O)/C(=C(\O)C(=O)OCC)c1ccccc1.CCOC(=O)C(=O)/C(=C(\O)C(=O)OCC)c1ccccc1.[Co]. The third-order valence-corrected chi connectivity index (χ3v) is 4.91. The molecule has 0 bridgehead atoms. The molecule has 0 aliphatic carbocycles. The molecule has 0 saturated heterocycles. The van der Waals surface area contributed by atoms with Gasteiger partial charge in [0.15, 0.2) is 0 Å². The number of carbonyl (C=O) groups is 6. The van der Waals surface area contributed by atoms with Crippen molar-refractivity contribution in [2.45, 2.75) is 27.7 Å². The molecule has 2 aromatic carbocycles. The minimum atomic E-state index is -1.15. The van der Waals surface area contributed by atoms with Gasteiger partial charge in [-0.25, -0.2) is 19.2 Å². The number of aliphatic hydroxyl groups excluding tert-OH is 2. The third-order valence-electron chi connectivity index (χ3n) is 4.91. The molecular weight excluding hydrogens is 611 g/mol. The molecule has 0 aliphatic heterocycles. The van der Waals surface area contributed by atoms with Gasteiger partial charge in [0, 0.05) is 16.8 Å². The number of ketones is 2. The normalized spacial score (nSPS) is 11.1. The molecule has 2 rings (SSSR count). The van der Waals surface area contributed by atoms with Gasteiger partial charge in [-0.1, -0.05) is 60.7 Å². The summed E-state index contributed by atoms with van der Waals surface area (Å²) in [5.74, 6) is -8.48. The molecule has 0 atom stereocenters. The smallest absolute Gasteiger partial charge is 0.379 e. The fourth-order valence-corrected chi connectivity index (χ4v) is 3.16. The molecule has 0 saturated carbocycles. The van der Waals surface area contributed by atoms with E-state index in [0.29, 0.717) is 0 Å². The third kappa shape index (κ3) is 11.6. The molecule has 0 aromatic heterocycles. The number of Topliss-reactive ketones (excluding diaryl/α,β-unsaturated/α-hetero) is 2. The monoisotopic (exact) mass is 643 g/mol. The van der Waals surface area contributed by atoms with Gasteiger partial charge in [0.25, 0.3) is 11.6 Å². The second-order valence-electron chi connectivity index (χ2n) is 7.72. The summed E-state index contributed by atoms with van der Waals surface area (Å²) in [6, 6.07) is 15.7. The minimum Gasteiger partial charge on any atom is -0.501 e. The van der Waals surface area contributed by atoms with Crippen molar-refractivity contribution >= 4 is 46.6 Å². The van der Waals surface area contributed by atoms with Crippen LogP contribution < -0.4 is 0 Å². The van der Waals surface area contributed by atoms with Crippen molar-refractivity contribution in [3.63, 3.8) is 0 Å². The zero-order valence-corrected chi connectivity index (χ0v) is 25.0. The maximum atomic E-state index is 12.1. The van der Waals surface area contributed by atoms with Crippen LogP contribution in [0.15, 0.2) is 72.2 Å². The van der Waals surface area contributed by atoms with Gasteiger partial charge in [-0.3, -0.25) is 9.59 Å². The standard InChI is InChI=1S/2C15H16O6.Co/c2*1-3-20-14(18)12(16)11(10-8-6-5-7-9-10)13(17)15(19)21-4-2;/h2*5-9,16H,3-4H2,1-2H3;/b2*12-11-;. The minimum absolute atomic E-state index is 0. The van der Waals surface area contributed by atoms with Crippen molar-refractivity contribution in [1.29, 1.82) is 0 Å². The van der Waals surface area contributed by atoms with Crippen LogP contribution in [0.4, 0.5) is 0 Å². The van der Waals surface area contributed by atoms with Gasteiger partial charge in [0.2, 0.25) is 11.5 Å². The molecule has 0 spiro atoms. The first-order valence-corrected chi connectivity index (χ1v) is 12.8. The fourth-order valence-electron chi connectivity index (χ4n) is 3.16. The van der Waals surface area contributed by atoms with E-state index >= 15 is 0 Å². The van der Waals surface area contributed by atoms with E-state index < -0.39 is 58.1 Å². The Hall–Kier alpha value is -4.75. The molecule has 0 fully saturated rings. The van der Waals surface area contributed by atoms with E-state index in [9.17, 15) is 39.0 Å². The van der Waals surface area contributed by atoms with E-state index in [1.54, 1.807) is 64.1 Å². The van der Waals surface area contributed by atoms with Gasteiger partial charge in [-0.15, -0.1) is 0 Å². The molecule has 0 unspecified atom stereocenters. The molecule has 0 aliphatic rings. The number of hydrogen-bond acceptors (Lipinski definition) is 12. The van der Waals surface area contributed by atoms with E-state index in [0.717, 1.165) is 0 Å². The van der Waals surface area contributed by atoms with Crippen LogP contribution in [0.3, 0.4) is 0 Å². The molecular formula is C30H32CoO12. The summed E-state index contributed by atoms with van der Waals surface area (Å²) in [6.07, 6.45) is 0. The molecule has 233 valence electrons. The van der Waals surface area contributed by atoms with Crippen LogP contribution >= 0.6 is 0 Å². The van der Waals surface area contributed by atoms with Crippen LogP contribution in [0.1, 0.15) is 38.8 Å². The summed E-state index contributed by atoms with van der Waals surface area (Å²) < 4.78 is 18.5. The topological polar surface area (TPSA) is 180 Å². The Bertz CT molecular complexity index is 1230. The summed E-state index contributed by atoms with van der Waals surface area (Å²) in [4.78, 5) is 70.5. The first-order chi connectivity index (χ1) is 20.0. The van der Waals surface area contributed by atoms with Crippen LogP contribution in [0, 0.1) is 0 Å². The van der Waals surface area contributed by atoms with E-state index in [1.807, 2.05) is 0 Å². The second kappa shape index (κ2) is 20.2. The zero-order valence-electron chi connectivity index (χ0n) is 23.9. The zero-order chi connectivity index (χ0) is 31.7. The summed E-state index contributed by atoms with van der Waals surface area (Å²) in [5, 5.41) is 19.9. The van der Waals surface area contributed by atoms with Crippen molar-refractivity contribution in [2.24, 2.45) is 0 Å². The summed E-state index contributed by atoms with van der Waals surface area (Å²) in [5.41, 5.74) is -0.429. The van der Waals surface area contributed by atoms with Crippen LogP contribution in [0.5, 0.6) is 0 Å². The van der Waals surface area contributed by atoms with Gasteiger partial charge >= 0.3 is 23.9 Å². The van der Waals surface area contributed by atoms with Crippen LogP contribution in [-0.2, 0) is 64.5 Å². The maximum Gasteiger partial charge on any atom is 0.379 e. The van der Waals surface area contributed by atoms with Gasteiger partial charge in [-0.05, 0) is 38.8 Å². The Balaban J connectivity index is 0.000000802. The van der Waals surface area contributed by atoms with Crippen molar-refractivity contribution in [2.75, 3.05) is 26.4 Å². The second-order valence-corrected chi connectivity index (χ2v) is 7.72. The Morgan fingerprint density at radius 2 is 0.744 bits per heavy atom. The van der Waals surface area contributed by atoms with Gasteiger partial charge in [-0.2, -0.15) is 0 Å². The Labute approximate surface area is 258 Å². The number of ether oxygens (including phenoxy) is 4. The largest absolute Gasteiger partial charge is 0.501 e. The van der Waals surface area contributed by atoms with E-state index in [2.05, 4.69) is 18.9 Å². The predicted octanol–water partition coefficient (Wildman–Crippen LogP) is 3.30. The summed E-state index contributed by atoms with van der Waals surface area (Å²) in [7, 11) is 0. The number of benzene rings is 2. The van der Waals surface area contributed by atoms with E-state index in [-0.39, 0.29) is 54.3 Å². The average Bonchev–Trinajstić information content (AvgIpc) is 2.99. The summed E-state index contributed by atoms with van der Waals surface area (Å²) >= 11 is 0. The van der Waals surface area contributed by atoms with Crippen molar-refractivity contribution in [3.8, 4) is 0 Å². The number of carbonyl (C=O) groups excluding carboxylic acids is 6. The number of aliphatic hydroxyl groups is 2. The Morgan fingerprint density at radius 3 is 1.00 bits per heavy atom. The first kappa shape index (κ1) is 38.2. The quantitative estimate of drug-likeness (QED) is 0.113. The predicted molar refractivity (Wildman–Crippen MR) is 149 cm³/mol. The number of esters is 4. The average molecular weight is 644 g/mol. The van der Waals surface area contributed by atoms with Gasteiger partial charge in [0.1, 0.15) is 0 Å². The molecule has 13 heteroatoms. The fraction of sp³-hybridized carbons (Fsp3) is 0.267. The van der Waals surface area contributed by atoms with Crippen molar-refractivity contribution in [3.05, 3.63) is 83.3 Å². The van der Waals surface area contributed by atoms with Crippen LogP contribution in [-0.4, -0.2) is 72.1 Å². The van der Waals surface area contributed by atoms with Gasteiger partial charge in [0.05, 0.1) is 37.6 Å². The molecule has 0 amide bonds. The Kier molecular flexibility index (Phi) is 17.9. The molecule has 0 heterocycles. The van der Waals surface area contributed by atoms with Gasteiger partial charge < -0.3 is 29.2 Å². The van der Waals surface area contributed by atoms with Crippen molar-refractivity contribution < 1.29 is 74.7 Å². The maximum absolute atomic E-state index is 12.1. The summed E-state index contributed by atoms with van der Waals surface area (Å²) in [6.45, 7) is 6.27. The number of hydrogen-bond donors (Lipinski definition) is 2. The number of rotatable bonds is 12. The van der Waals surface area contributed by atoms with E-state index in [1.165, 1.54) is 24.3 Å². The molecule has 1 radical (unpaired) electrons. The first-order valence-electron chi connectivity index (χ1n) is 12.8. The Morgan fingerprint density at radius 1 is 0.488 bits per heavy atom.